The van der Waals surface area contributed by atoms with E-state index in [2.05, 4.69) is 205 Å². The molecule has 1 spiro atoms. The summed E-state index contributed by atoms with van der Waals surface area (Å²) in [5, 5.41) is 4.97. The number of anilines is 3. The Morgan fingerprint density at radius 1 is 0.308 bits per heavy atom. The Morgan fingerprint density at radius 3 is 1.52 bits per heavy atom. The third-order valence-corrected chi connectivity index (χ3v) is 11.4. The quantitative estimate of drug-likeness (QED) is 0.170. The molecule has 0 aliphatic heterocycles. The summed E-state index contributed by atoms with van der Waals surface area (Å²) in [4.78, 5) is 2.49. The van der Waals surface area contributed by atoms with Gasteiger partial charge in [-0.15, -0.1) is 0 Å². The topological polar surface area (TPSA) is 3.24 Å². The molecule has 2 aliphatic rings. The van der Waals surface area contributed by atoms with Gasteiger partial charge in [0.25, 0.3) is 0 Å². The van der Waals surface area contributed by atoms with E-state index in [1.807, 2.05) is 0 Å². The molecular formula is C51H33N. The molecule has 0 aromatic heterocycles. The van der Waals surface area contributed by atoms with E-state index in [0.717, 1.165) is 17.1 Å². The molecule has 9 aromatic rings. The van der Waals surface area contributed by atoms with Gasteiger partial charge in [-0.3, -0.25) is 0 Å². The summed E-state index contributed by atoms with van der Waals surface area (Å²) in [6.45, 7) is 0. The van der Waals surface area contributed by atoms with Crippen LogP contribution in [-0.2, 0) is 5.41 Å². The summed E-state index contributed by atoms with van der Waals surface area (Å²) in [7, 11) is 0. The minimum absolute atomic E-state index is 0.419. The van der Waals surface area contributed by atoms with Crippen LogP contribution in [0.2, 0.25) is 0 Å². The van der Waals surface area contributed by atoms with Gasteiger partial charge in [-0.25, -0.2) is 0 Å². The molecule has 11 rings (SSSR count). The SMILES string of the molecule is c1ccc(-c2cccc(N(c3ccc4c(c3)C3(c5ccccc5-c5ccccc53)c3ccccc3-4)c3cc4ccccc4c4ccccc34)c2)cc1. The molecule has 0 N–H and O–H groups in total. The lowest BCUT2D eigenvalue weighted by Crippen LogP contribution is -2.26. The van der Waals surface area contributed by atoms with Gasteiger partial charge in [0, 0.05) is 16.8 Å². The van der Waals surface area contributed by atoms with Crippen LogP contribution in [0.4, 0.5) is 17.1 Å². The Labute approximate surface area is 303 Å². The van der Waals surface area contributed by atoms with Gasteiger partial charge >= 0.3 is 0 Å². The molecule has 52 heavy (non-hydrogen) atoms. The lowest BCUT2D eigenvalue weighted by molar-refractivity contribution is 0.793. The van der Waals surface area contributed by atoms with Crippen LogP contribution in [-0.4, -0.2) is 0 Å². The van der Waals surface area contributed by atoms with Gasteiger partial charge in [-0.1, -0.05) is 170 Å². The fourth-order valence-electron chi connectivity index (χ4n) is 9.32. The smallest absolute Gasteiger partial charge is 0.0726 e. The monoisotopic (exact) mass is 659 g/mol. The maximum atomic E-state index is 2.49. The predicted molar refractivity (Wildman–Crippen MR) is 218 cm³/mol. The number of rotatable bonds is 4. The second kappa shape index (κ2) is 11.2. The second-order valence-electron chi connectivity index (χ2n) is 14.0. The van der Waals surface area contributed by atoms with Crippen molar-refractivity contribution in [1.29, 1.82) is 0 Å². The highest BCUT2D eigenvalue weighted by molar-refractivity contribution is 6.14. The van der Waals surface area contributed by atoms with Crippen LogP contribution < -0.4 is 4.90 Å². The van der Waals surface area contributed by atoms with Crippen molar-refractivity contribution >= 4 is 38.6 Å². The first-order chi connectivity index (χ1) is 25.8. The Balaban J connectivity index is 1.23. The Kier molecular flexibility index (Phi) is 6.23. The molecule has 1 heteroatoms. The molecule has 0 unspecified atom stereocenters. The predicted octanol–water partition coefficient (Wildman–Crippen LogP) is 13.5. The third-order valence-electron chi connectivity index (χ3n) is 11.4. The van der Waals surface area contributed by atoms with Crippen molar-refractivity contribution in [3.05, 3.63) is 222 Å². The molecule has 242 valence electrons. The van der Waals surface area contributed by atoms with Gasteiger partial charge in [-0.2, -0.15) is 0 Å². The van der Waals surface area contributed by atoms with Crippen LogP contribution in [0.3, 0.4) is 0 Å². The molecule has 0 bridgehead atoms. The molecule has 9 aromatic carbocycles. The summed E-state index contributed by atoms with van der Waals surface area (Å²) in [6, 6.07) is 74.1. The minimum Gasteiger partial charge on any atom is -0.310 e. The lowest BCUT2D eigenvalue weighted by atomic mass is 9.70. The van der Waals surface area contributed by atoms with Crippen molar-refractivity contribution in [2.24, 2.45) is 0 Å². The van der Waals surface area contributed by atoms with Crippen LogP contribution in [0.1, 0.15) is 22.3 Å². The van der Waals surface area contributed by atoms with Crippen LogP contribution in [0.5, 0.6) is 0 Å². The molecule has 0 amide bonds. The van der Waals surface area contributed by atoms with Crippen LogP contribution in [0, 0.1) is 0 Å². The first-order valence-electron chi connectivity index (χ1n) is 18.1. The average molecular weight is 660 g/mol. The lowest BCUT2D eigenvalue weighted by Gasteiger charge is -2.32. The summed E-state index contributed by atoms with van der Waals surface area (Å²) in [5.74, 6) is 0. The maximum absolute atomic E-state index is 2.49. The molecule has 0 atom stereocenters. The van der Waals surface area contributed by atoms with Gasteiger partial charge in [0.2, 0.25) is 0 Å². The van der Waals surface area contributed by atoms with Gasteiger partial charge in [0.15, 0.2) is 0 Å². The fraction of sp³-hybridized carbons (Fsp3) is 0.0196. The number of fused-ring (bicyclic) bond motifs is 13. The van der Waals surface area contributed by atoms with E-state index in [9.17, 15) is 0 Å². The van der Waals surface area contributed by atoms with Gasteiger partial charge in [-0.05, 0) is 102 Å². The molecule has 0 saturated heterocycles. The maximum Gasteiger partial charge on any atom is 0.0726 e. The van der Waals surface area contributed by atoms with E-state index in [1.165, 1.54) is 77.2 Å². The van der Waals surface area contributed by atoms with Crippen molar-refractivity contribution < 1.29 is 0 Å². The normalized spacial score (nSPS) is 13.2. The zero-order valence-electron chi connectivity index (χ0n) is 28.5. The van der Waals surface area contributed by atoms with Crippen molar-refractivity contribution in [2.75, 3.05) is 4.90 Å². The van der Waals surface area contributed by atoms with Crippen LogP contribution in [0.25, 0.3) is 54.9 Å². The zero-order chi connectivity index (χ0) is 34.2. The number of nitrogens with zero attached hydrogens (tertiary/aromatic N) is 1. The van der Waals surface area contributed by atoms with E-state index in [0.29, 0.717) is 0 Å². The van der Waals surface area contributed by atoms with E-state index >= 15 is 0 Å². The van der Waals surface area contributed by atoms with Crippen molar-refractivity contribution in [3.63, 3.8) is 0 Å². The standard InChI is InChI=1S/C51H33N/c1-2-15-34(16-3-1)35-18-14-19-37(31-35)52(50-32-36-17-4-5-20-39(36)40-21-6-7-25-45(40)50)38-29-30-44-43-24-10-13-28-48(43)51(49(44)33-38)46-26-11-8-22-41(46)42-23-9-12-27-47(42)51/h1-33H. The van der Waals surface area contributed by atoms with Gasteiger partial charge in [0.05, 0.1) is 11.1 Å². The fourth-order valence-corrected chi connectivity index (χ4v) is 9.32. The molecule has 2 aliphatic carbocycles. The number of benzene rings is 9. The van der Waals surface area contributed by atoms with Crippen molar-refractivity contribution in [2.45, 2.75) is 5.41 Å². The highest BCUT2D eigenvalue weighted by atomic mass is 15.1. The minimum atomic E-state index is -0.419. The Hall–Kier alpha value is -6.70. The van der Waals surface area contributed by atoms with E-state index in [-0.39, 0.29) is 0 Å². The Morgan fingerprint density at radius 2 is 0.827 bits per heavy atom. The number of hydrogen-bond acceptors (Lipinski definition) is 1. The van der Waals surface area contributed by atoms with E-state index in [4.69, 9.17) is 0 Å². The van der Waals surface area contributed by atoms with E-state index < -0.39 is 5.41 Å². The third kappa shape index (κ3) is 3.99. The van der Waals surface area contributed by atoms with Crippen molar-refractivity contribution in [1.82, 2.24) is 0 Å². The molecule has 0 heterocycles. The van der Waals surface area contributed by atoms with Gasteiger partial charge in [0.1, 0.15) is 0 Å². The highest BCUT2D eigenvalue weighted by Crippen LogP contribution is 2.63. The summed E-state index contributed by atoms with van der Waals surface area (Å²) < 4.78 is 0. The summed E-state index contributed by atoms with van der Waals surface area (Å²) >= 11 is 0. The molecule has 1 nitrogen and oxygen atoms in total. The van der Waals surface area contributed by atoms with Crippen LogP contribution >= 0.6 is 0 Å². The highest BCUT2D eigenvalue weighted by Gasteiger charge is 2.51. The van der Waals surface area contributed by atoms with Crippen LogP contribution in [0.15, 0.2) is 200 Å². The van der Waals surface area contributed by atoms with E-state index in [1.54, 1.807) is 0 Å². The molecule has 0 radical (unpaired) electrons. The first kappa shape index (κ1) is 29.1. The molecular weight excluding hydrogens is 627 g/mol. The molecule has 0 fully saturated rings. The number of hydrogen-bond donors (Lipinski definition) is 0. The van der Waals surface area contributed by atoms with Crippen molar-refractivity contribution in [3.8, 4) is 33.4 Å². The molecule has 0 saturated carbocycles. The zero-order valence-corrected chi connectivity index (χ0v) is 28.5. The van der Waals surface area contributed by atoms with Gasteiger partial charge < -0.3 is 4.90 Å². The summed E-state index contributed by atoms with van der Waals surface area (Å²) in [6.07, 6.45) is 0. The Bertz CT molecular complexity index is 2800. The first-order valence-corrected chi connectivity index (χ1v) is 18.1. The summed E-state index contributed by atoms with van der Waals surface area (Å²) in [5.41, 5.74) is 16.0. The largest absolute Gasteiger partial charge is 0.310 e. The second-order valence-corrected chi connectivity index (χ2v) is 14.0. The average Bonchev–Trinajstić information content (AvgIpc) is 3.69.